The monoisotopic (exact) mass is 313 g/mol. The number of nitrogens with zero attached hydrogens (tertiary/aromatic N) is 2. The summed E-state index contributed by atoms with van der Waals surface area (Å²) in [6.45, 7) is 0. The quantitative estimate of drug-likeness (QED) is 0.862. The summed E-state index contributed by atoms with van der Waals surface area (Å²) in [7, 11) is 1.84. The molecule has 1 aromatic heterocycles. The first-order valence-corrected chi connectivity index (χ1v) is 7.83. The highest BCUT2D eigenvalue weighted by Gasteiger charge is 2.24. The van der Waals surface area contributed by atoms with Gasteiger partial charge in [0.2, 0.25) is 5.91 Å². The summed E-state index contributed by atoms with van der Waals surface area (Å²) >= 11 is 0. The van der Waals surface area contributed by atoms with Gasteiger partial charge in [-0.15, -0.1) is 0 Å². The van der Waals surface area contributed by atoms with Gasteiger partial charge in [-0.2, -0.15) is 0 Å². The molecule has 120 valence electrons. The number of imidazole rings is 1. The molecule has 0 saturated heterocycles. The number of nitrogens with one attached hydrogen (secondary N) is 1. The van der Waals surface area contributed by atoms with E-state index in [9.17, 15) is 9.18 Å². The maximum absolute atomic E-state index is 14.2. The van der Waals surface area contributed by atoms with E-state index in [1.807, 2.05) is 7.05 Å². The highest BCUT2D eigenvalue weighted by atomic mass is 19.1. The number of carbonyl (C=O) groups is 1. The summed E-state index contributed by atoms with van der Waals surface area (Å²) in [4.78, 5) is 16.7. The number of hydrogen-bond donors (Lipinski definition) is 1. The van der Waals surface area contributed by atoms with E-state index in [0.717, 1.165) is 12.8 Å². The van der Waals surface area contributed by atoms with Gasteiger partial charge in [0, 0.05) is 31.4 Å². The minimum Gasteiger partial charge on any atom is -0.342 e. The number of benzene rings is 1. The second-order valence-corrected chi connectivity index (χ2v) is 5.89. The van der Waals surface area contributed by atoms with Crippen LogP contribution in [-0.2, 0) is 11.8 Å². The first kappa shape index (κ1) is 15.5. The van der Waals surface area contributed by atoms with Gasteiger partial charge in [-0.1, -0.05) is 30.4 Å². The minimum absolute atomic E-state index is 0.0854. The van der Waals surface area contributed by atoms with Gasteiger partial charge in [-0.05, 0) is 24.8 Å². The highest BCUT2D eigenvalue weighted by Crippen LogP contribution is 2.25. The van der Waals surface area contributed by atoms with Crippen LogP contribution in [0.4, 0.5) is 4.39 Å². The fraction of sp³-hybridized carbons (Fsp3) is 0.333. The Morgan fingerprint density at radius 1 is 1.48 bits per heavy atom. The van der Waals surface area contributed by atoms with Gasteiger partial charge >= 0.3 is 0 Å². The molecule has 0 bridgehead atoms. The van der Waals surface area contributed by atoms with Gasteiger partial charge in [0.05, 0.1) is 0 Å². The van der Waals surface area contributed by atoms with Crippen LogP contribution < -0.4 is 5.32 Å². The number of aryl methyl sites for hydroxylation is 1. The van der Waals surface area contributed by atoms with Crippen molar-refractivity contribution >= 4 is 5.91 Å². The molecule has 1 aromatic carbocycles. The Morgan fingerprint density at radius 3 is 2.96 bits per heavy atom. The second-order valence-electron chi connectivity index (χ2n) is 5.89. The Balaban J connectivity index is 1.84. The summed E-state index contributed by atoms with van der Waals surface area (Å²) in [6.07, 6.45) is 10.1. The molecule has 2 atom stereocenters. The third-order valence-electron chi connectivity index (χ3n) is 4.20. The van der Waals surface area contributed by atoms with Gasteiger partial charge in [0.25, 0.3) is 0 Å². The van der Waals surface area contributed by atoms with Crippen LogP contribution in [0.1, 0.15) is 36.7 Å². The number of aromatic nitrogens is 2. The van der Waals surface area contributed by atoms with Crippen molar-refractivity contribution in [2.75, 3.05) is 0 Å². The molecule has 0 fully saturated rings. The molecule has 0 aliphatic heterocycles. The molecule has 23 heavy (non-hydrogen) atoms. The van der Waals surface area contributed by atoms with E-state index >= 15 is 0 Å². The van der Waals surface area contributed by atoms with Gasteiger partial charge in [0.1, 0.15) is 17.7 Å². The van der Waals surface area contributed by atoms with Crippen molar-refractivity contribution in [3.8, 4) is 0 Å². The van der Waals surface area contributed by atoms with E-state index in [1.165, 1.54) is 6.07 Å². The third kappa shape index (κ3) is 3.50. The van der Waals surface area contributed by atoms with Gasteiger partial charge in [-0.3, -0.25) is 4.79 Å². The van der Waals surface area contributed by atoms with Crippen molar-refractivity contribution in [2.45, 2.75) is 25.3 Å². The Morgan fingerprint density at radius 2 is 2.30 bits per heavy atom. The summed E-state index contributed by atoms with van der Waals surface area (Å²) in [5, 5.41) is 2.95. The van der Waals surface area contributed by atoms with E-state index in [-0.39, 0.29) is 17.6 Å². The fourth-order valence-corrected chi connectivity index (χ4v) is 2.97. The van der Waals surface area contributed by atoms with E-state index in [0.29, 0.717) is 17.8 Å². The second kappa shape index (κ2) is 6.77. The standard InChI is InChI=1S/C18H20FN3O/c1-22-11-10-20-18(22)17(14-8-4-5-9-15(14)19)21-16(23)12-13-6-2-3-7-13/h2,4-6,8-11,13,17H,3,7,12H2,1H3,(H,21,23)/t13-,17-/m1/s1. The molecule has 1 heterocycles. The summed E-state index contributed by atoms with van der Waals surface area (Å²) in [5.74, 6) is 0.461. The van der Waals surface area contributed by atoms with E-state index in [4.69, 9.17) is 0 Å². The molecule has 2 aromatic rings. The first-order chi connectivity index (χ1) is 11.1. The third-order valence-corrected chi connectivity index (χ3v) is 4.20. The number of hydrogen-bond acceptors (Lipinski definition) is 2. The zero-order chi connectivity index (χ0) is 16.2. The molecular formula is C18H20FN3O. The number of allylic oxidation sites excluding steroid dienone is 2. The summed E-state index contributed by atoms with van der Waals surface area (Å²) < 4.78 is 16.0. The Bertz CT molecular complexity index is 723. The van der Waals surface area contributed by atoms with Crippen LogP contribution in [0.25, 0.3) is 0 Å². The molecule has 0 spiro atoms. The molecule has 5 heteroatoms. The lowest BCUT2D eigenvalue weighted by Gasteiger charge is -2.20. The fourth-order valence-electron chi connectivity index (χ4n) is 2.97. The van der Waals surface area contributed by atoms with Crippen molar-refractivity contribution in [1.29, 1.82) is 0 Å². The number of carbonyl (C=O) groups excluding carboxylic acids is 1. The zero-order valence-electron chi connectivity index (χ0n) is 13.1. The molecule has 1 N–H and O–H groups in total. The molecule has 0 radical (unpaired) electrons. The van der Waals surface area contributed by atoms with Crippen molar-refractivity contribution < 1.29 is 9.18 Å². The van der Waals surface area contributed by atoms with Gasteiger partial charge in [-0.25, -0.2) is 9.37 Å². The van der Waals surface area contributed by atoms with Crippen molar-refractivity contribution in [2.24, 2.45) is 13.0 Å². The molecule has 3 rings (SSSR count). The number of rotatable bonds is 5. The largest absolute Gasteiger partial charge is 0.342 e. The molecule has 1 aliphatic carbocycles. The average molecular weight is 313 g/mol. The maximum atomic E-state index is 14.2. The van der Waals surface area contributed by atoms with Gasteiger partial charge < -0.3 is 9.88 Å². The predicted octanol–water partition coefficient (Wildman–Crippen LogP) is 3.12. The molecular weight excluding hydrogens is 293 g/mol. The van der Waals surface area contributed by atoms with Crippen LogP contribution in [-0.4, -0.2) is 15.5 Å². The van der Waals surface area contributed by atoms with E-state index in [1.54, 1.807) is 35.2 Å². The topological polar surface area (TPSA) is 46.9 Å². The lowest BCUT2D eigenvalue weighted by Crippen LogP contribution is -2.32. The average Bonchev–Trinajstić information content (AvgIpc) is 3.17. The van der Waals surface area contributed by atoms with Crippen LogP contribution in [0.3, 0.4) is 0 Å². The molecule has 1 amide bonds. The summed E-state index contributed by atoms with van der Waals surface area (Å²) in [5.41, 5.74) is 0.428. The van der Waals surface area contributed by atoms with Crippen LogP contribution in [0.5, 0.6) is 0 Å². The van der Waals surface area contributed by atoms with Crippen LogP contribution in [0.15, 0.2) is 48.8 Å². The van der Waals surface area contributed by atoms with E-state index in [2.05, 4.69) is 22.5 Å². The first-order valence-electron chi connectivity index (χ1n) is 7.83. The molecule has 1 aliphatic rings. The molecule has 4 nitrogen and oxygen atoms in total. The number of halogens is 1. The molecule has 0 saturated carbocycles. The summed E-state index contributed by atoms with van der Waals surface area (Å²) in [6, 6.07) is 5.90. The minimum atomic E-state index is -0.589. The molecule has 0 unspecified atom stereocenters. The SMILES string of the molecule is Cn1ccnc1[C@H](NC(=O)C[C@@H]1C=CCC1)c1ccccc1F. The maximum Gasteiger partial charge on any atom is 0.221 e. The van der Waals surface area contributed by atoms with Crippen LogP contribution in [0, 0.1) is 11.7 Å². The lowest BCUT2D eigenvalue weighted by atomic mass is 10.0. The highest BCUT2D eigenvalue weighted by molar-refractivity contribution is 5.77. The van der Waals surface area contributed by atoms with Crippen LogP contribution in [0.2, 0.25) is 0 Å². The predicted molar refractivity (Wildman–Crippen MR) is 86.1 cm³/mol. The van der Waals surface area contributed by atoms with Crippen molar-refractivity contribution in [1.82, 2.24) is 14.9 Å². The Labute approximate surface area is 135 Å². The van der Waals surface area contributed by atoms with Crippen molar-refractivity contribution in [3.63, 3.8) is 0 Å². The van der Waals surface area contributed by atoms with E-state index < -0.39 is 6.04 Å². The van der Waals surface area contributed by atoms with Crippen molar-refractivity contribution in [3.05, 3.63) is 66.0 Å². The Kier molecular flexibility index (Phi) is 4.55. The Hall–Kier alpha value is -2.43. The number of amides is 1. The smallest absolute Gasteiger partial charge is 0.221 e. The van der Waals surface area contributed by atoms with Crippen LogP contribution >= 0.6 is 0 Å². The zero-order valence-corrected chi connectivity index (χ0v) is 13.1. The van der Waals surface area contributed by atoms with Gasteiger partial charge in [0.15, 0.2) is 0 Å². The normalized spacial score (nSPS) is 18.1. The lowest BCUT2D eigenvalue weighted by molar-refractivity contribution is -0.122.